The quantitative estimate of drug-likeness (QED) is 0.788. The fourth-order valence-corrected chi connectivity index (χ4v) is 4.41. The van der Waals surface area contributed by atoms with E-state index in [0.29, 0.717) is 36.3 Å². The normalized spacial score (nSPS) is 24.1. The Morgan fingerprint density at radius 1 is 1.11 bits per heavy atom. The van der Waals surface area contributed by atoms with Gasteiger partial charge in [-0.05, 0) is 37.5 Å². The van der Waals surface area contributed by atoms with Crippen LogP contribution >= 0.6 is 11.6 Å². The van der Waals surface area contributed by atoms with Gasteiger partial charge in [0.05, 0.1) is 10.6 Å². The van der Waals surface area contributed by atoms with Gasteiger partial charge in [-0.1, -0.05) is 17.7 Å². The van der Waals surface area contributed by atoms with Crippen molar-refractivity contribution in [1.29, 1.82) is 0 Å². The molecule has 2 amide bonds. The molecule has 3 heterocycles. The van der Waals surface area contributed by atoms with Crippen LogP contribution in [0.4, 0.5) is 0 Å². The van der Waals surface area contributed by atoms with E-state index in [1.165, 1.54) is 0 Å². The second-order valence-corrected chi connectivity index (χ2v) is 8.12. The number of ether oxygens (including phenoxy) is 1. The van der Waals surface area contributed by atoms with Crippen LogP contribution < -0.4 is 0 Å². The average molecular weight is 392 g/mol. The molecule has 6 nitrogen and oxygen atoms in total. The fourth-order valence-electron chi connectivity index (χ4n) is 4.10. The smallest absolute Gasteiger partial charge is 0.255 e. The van der Waals surface area contributed by atoms with Gasteiger partial charge in [0.25, 0.3) is 11.8 Å². The first kappa shape index (κ1) is 18.7. The molecule has 27 heavy (non-hydrogen) atoms. The van der Waals surface area contributed by atoms with E-state index >= 15 is 0 Å². The maximum atomic E-state index is 12.7. The van der Waals surface area contributed by atoms with Crippen LogP contribution in [0.2, 0.25) is 5.02 Å². The van der Waals surface area contributed by atoms with Gasteiger partial charge in [0.1, 0.15) is 6.10 Å². The zero-order chi connectivity index (χ0) is 19.0. The number of amides is 2. The molecule has 0 aromatic heterocycles. The van der Waals surface area contributed by atoms with Crippen molar-refractivity contribution in [2.24, 2.45) is 0 Å². The molecule has 146 valence electrons. The minimum Gasteiger partial charge on any atom is -0.368 e. The number of nitrogens with zero attached hydrogens (tertiary/aromatic N) is 3. The molecule has 3 aliphatic rings. The Hall–Kier alpha value is -1.63. The molecule has 0 spiro atoms. The summed E-state index contributed by atoms with van der Waals surface area (Å²) in [4.78, 5) is 31.2. The van der Waals surface area contributed by atoms with Crippen LogP contribution in [0.3, 0.4) is 0 Å². The Morgan fingerprint density at radius 2 is 1.85 bits per heavy atom. The largest absolute Gasteiger partial charge is 0.368 e. The summed E-state index contributed by atoms with van der Waals surface area (Å²) in [6, 6.07) is 5.96. The van der Waals surface area contributed by atoms with E-state index in [1.54, 1.807) is 0 Å². The second kappa shape index (κ2) is 7.78. The number of aryl methyl sites for hydroxylation is 1. The van der Waals surface area contributed by atoms with Gasteiger partial charge in [-0.3, -0.25) is 14.5 Å². The van der Waals surface area contributed by atoms with E-state index in [1.807, 2.05) is 34.9 Å². The van der Waals surface area contributed by atoms with Gasteiger partial charge < -0.3 is 14.5 Å². The number of carbonyl (C=O) groups excluding carboxylic acids is 2. The first-order valence-electron chi connectivity index (χ1n) is 9.73. The molecule has 0 unspecified atom stereocenters. The van der Waals surface area contributed by atoms with Gasteiger partial charge in [0.2, 0.25) is 0 Å². The molecule has 0 N–H and O–H groups in total. The molecule has 4 rings (SSSR count). The predicted molar refractivity (Wildman–Crippen MR) is 103 cm³/mol. The summed E-state index contributed by atoms with van der Waals surface area (Å²) in [6.07, 6.45) is 1.61. The van der Waals surface area contributed by atoms with Gasteiger partial charge >= 0.3 is 0 Å². The molecule has 7 heteroatoms. The highest BCUT2D eigenvalue weighted by atomic mass is 35.5. The number of benzene rings is 1. The highest BCUT2D eigenvalue weighted by Crippen LogP contribution is 2.24. The molecule has 3 saturated heterocycles. The number of hydrogen-bond donors (Lipinski definition) is 0. The lowest BCUT2D eigenvalue weighted by atomic mass is 10.0. The molecule has 3 aliphatic heterocycles. The third-order valence-electron chi connectivity index (χ3n) is 5.85. The number of halogens is 1. The third kappa shape index (κ3) is 3.84. The Bertz CT molecular complexity index is 721. The topological polar surface area (TPSA) is 53.1 Å². The molecule has 0 bridgehead atoms. The van der Waals surface area contributed by atoms with Crippen LogP contribution in [0.25, 0.3) is 0 Å². The van der Waals surface area contributed by atoms with Crippen LogP contribution in [-0.4, -0.2) is 84.5 Å². The highest BCUT2D eigenvalue weighted by Gasteiger charge is 2.39. The second-order valence-electron chi connectivity index (χ2n) is 7.71. The van der Waals surface area contributed by atoms with E-state index < -0.39 is 0 Å². The Labute approximate surface area is 165 Å². The maximum absolute atomic E-state index is 12.7. The summed E-state index contributed by atoms with van der Waals surface area (Å²) in [5.41, 5.74) is 1.63. The first-order chi connectivity index (χ1) is 13.0. The standard InChI is InChI=1S/C20H26ClN3O3/c1-14-4-5-16(17(21)11-14)19(25)23-8-6-22(7-9-23)15-12-24(13-15)20(26)18-3-2-10-27-18/h4-5,11,15,18H,2-3,6-10,12-13H2,1H3/t18-/m1/s1. The van der Waals surface area contributed by atoms with Crippen LogP contribution in [0.5, 0.6) is 0 Å². The molecule has 3 fully saturated rings. The van der Waals surface area contributed by atoms with Gasteiger partial charge in [0, 0.05) is 51.9 Å². The highest BCUT2D eigenvalue weighted by molar-refractivity contribution is 6.33. The van der Waals surface area contributed by atoms with E-state index in [2.05, 4.69) is 4.90 Å². The minimum atomic E-state index is -0.223. The summed E-state index contributed by atoms with van der Waals surface area (Å²) in [5.74, 6) is 0.148. The van der Waals surface area contributed by atoms with Crippen LogP contribution in [-0.2, 0) is 9.53 Å². The van der Waals surface area contributed by atoms with Crippen LogP contribution in [0, 0.1) is 6.92 Å². The van der Waals surface area contributed by atoms with Gasteiger partial charge in [-0.15, -0.1) is 0 Å². The van der Waals surface area contributed by atoms with Crippen molar-refractivity contribution in [3.05, 3.63) is 34.3 Å². The number of likely N-dealkylation sites (tertiary alicyclic amines) is 1. The van der Waals surface area contributed by atoms with Crippen molar-refractivity contribution >= 4 is 23.4 Å². The molecule has 0 aliphatic carbocycles. The summed E-state index contributed by atoms with van der Waals surface area (Å²) in [6.45, 7) is 7.27. The SMILES string of the molecule is Cc1ccc(C(=O)N2CCN(C3CN(C(=O)[C@H]4CCCO4)C3)CC2)c(Cl)c1. The van der Waals surface area contributed by atoms with Crippen molar-refractivity contribution in [2.75, 3.05) is 45.9 Å². The summed E-state index contributed by atoms with van der Waals surface area (Å²) in [5, 5.41) is 0.518. The lowest BCUT2D eigenvalue weighted by Crippen LogP contribution is -2.65. The van der Waals surface area contributed by atoms with Crippen molar-refractivity contribution < 1.29 is 14.3 Å². The monoisotopic (exact) mass is 391 g/mol. The summed E-state index contributed by atoms with van der Waals surface area (Å²) < 4.78 is 5.49. The lowest BCUT2D eigenvalue weighted by Gasteiger charge is -2.48. The number of carbonyl (C=O) groups is 2. The molecular formula is C20H26ClN3O3. The number of rotatable bonds is 3. The van der Waals surface area contributed by atoms with Gasteiger partial charge in [-0.25, -0.2) is 0 Å². The van der Waals surface area contributed by atoms with Crippen molar-refractivity contribution in [3.8, 4) is 0 Å². The zero-order valence-electron chi connectivity index (χ0n) is 15.7. The minimum absolute atomic E-state index is 0.00319. The van der Waals surface area contributed by atoms with Crippen LogP contribution in [0.1, 0.15) is 28.8 Å². The predicted octanol–water partition coefficient (Wildman–Crippen LogP) is 1.80. The summed E-state index contributed by atoms with van der Waals surface area (Å²) >= 11 is 6.25. The molecule has 0 saturated carbocycles. The van der Waals surface area contributed by atoms with Crippen molar-refractivity contribution in [1.82, 2.24) is 14.7 Å². The Balaban J connectivity index is 1.26. The molecule has 0 radical (unpaired) electrons. The third-order valence-corrected chi connectivity index (χ3v) is 6.16. The zero-order valence-corrected chi connectivity index (χ0v) is 16.5. The van der Waals surface area contributed by atoms with Gasteiger partial charge in [0.15, 0.2) is 0 Å². The average Bonchev–Trinajstić information content (AvgIpc) is 3.15. The van der Waals surface area contributed by atoms with E-state index in [0.717, 1.165) is 44.6 Å². The van der Waals surface area contributed by atoms with E-state index in [4.69, 9.17) is 16.3 Å². The maximum Gasteiger partial charge on any atom is 0.255 e. The van der Waals surface area contributed by atoms with Crippen LogP contribution in [0.15, 0.2) is 18.2 Å². The van der Waals surface area contributed by atoms with Crippen molar-refractivity contribution in [2.45, 2.75) is 31.9 Å². The Morgan fingerprint density at radius 3 is 2.48 bits per heavy atom. The molecule has 1 atom stereocenters. The molecule has 1 aromatic carbocycles. The number of hydrogen-bond acceptors (Lipinski definition) is 4. The fraction of sp³-hybridized carbons (Fsp3) is 0.600. The molecular weight excluding hydrogens is 366 g/mol. The van der Waals surface area contributed by atoms with Crippen molar-refractivity contribution in [3.63, 3.8) is 0 Å². The lowest BCUT2D eigenvalue weighted by molar-refractivity contribution is -0.149. The van der Waals surface area contributed by atoms with E-state index in [9.17, 15) is 9.59 Å². The number of piperazine rings is 1. The Kier molecular flexibility index (Phi) is 5.39. The van der Waals surface area contributed by atoms with Gasteiger partial charge in [-0.2, -0.15) is 0 Å². The first-order valence-corrected chi connectivity index (χ1v) is 10.1. The van der Waals surface area contributed by atoms with E-state index in [-0.39, 0.29) is 17.9 Å². The molecule has 1 aromatic rings. The summed E-state index contributed by atoms with van der Waals surface area (Å²) in [7, 11) is 0.